The van der Waals surface area contributed by atoms with Crippen molar-refractivity contribution in [2.75, 3.05) is 5.32 Å². The van der Waals surface area contributed by atoms with Crippen molar-refractivity contribution in [2.24, 2.45) is 0 Å². The van der Waals surface area contributed by atoms with Gasteiger partial charge in [-0.3, -0.25) is 13.9 Å². The maximum absolute atomic E-state index is 13.7. The van der Waals surface area contributed by atoms with Gasteiger partial charge in [-0.15, -0.1) is 0 Å². The number of nitrogens with one attached hydrogen (secondary N) is 1. The van der Waals surface area contributed by atoms with Gasteiger partial charge in [0.1, 0.15) is 0 Å². The minimum atomic E-state index is -3.68. The summed E-state index contributed by atoms with van der Waals surface area (Å²) in [5, 5.41) is 2.40. The van der Waals surface area contributed by atoms with Crippen LogP contribution in [0.25, 0.3) is 11.0 Å². The highest BCUT2D eigenvalue weighted by atomic mass is 32.2. The molecule has 1 aromatic heterocycles. The smallest absolute Gasteiger partial charge is 0.325 e. The van der Waals surface area contributed by atoms with Crippen LogP contribution < -0.4 is 11.0 Å². The Morgan fingerprint density at radius 2 is 1.56 bits per heavy atom. The van der Waals surface area contributed by atoms with Gasteiger partial charge in [-0.05, 0) is 51.3 Å². The molecule has 182 valence electrons. The fraction of sp³-hybridized carbons (Fsp3) is 0.462. The molecule has 34 heavy (non-hydrogen) atoms. The molecule has 1 aliphatic rings. The number of benzene rings is 2. The van der Waals surface area contributed by atoms with Crippen molar-refractivity contribution in [3.63, 3.8) is 0 Å². The number of aryl methyl sites for hydroxylation is 3. The molecule has 1 amide bonds. The Labute approximate surface area is 200 Å². The van der Waals surface area contributed by atoms with Gasteiger partial charge in [-0.25, -0.2) is 13.2 Å². The molecule has 1 N–H and O–H groups in total. The summed E-state index contributed by atoms with van der Waals surface area (Å²) in [6.45, 7) is 6.62. The fourth-order valence-electron chi connectivity index (χ4n) is 4.93. The summed E-state index contributed by atoms with van der Waals surface area (Å²) >= 11 is 0. The number of anilines is 1. The largest absolute Gasteiger partial charge is 0.329 e. The number of fused-ring (bicyclic) bond motifs is 1. The van der Waals surface area contributed by atoms with E-state index in [-0.39, 0.29) is 28.6 Å². The molecule has 0 radical (unpaired) electrons. The molecular formula is C26H33N3O4S. The van der Waals surface area contributed by atoms with Crippen LogP contribution in [0.15, 0.2) is 46.1 Å². The third-order valence-corrected chi connectivity index (χ3v) is 9.11. The van der Waals surface area contributed by atoms with E-state index in [9.17, 15) is 18.0 Å². The molecule has 0 unspecified atom stereocenters. The van der Waals surface area contributed by atoms with Crippen LogP contribution in [0, 0.1) is 6.92 Å². The minimum absolute atomic E-state index is 0.111. The number of carbonyl (C=O) groups is 1. The molecule has 0 saturated heterocycles. The summed E-state index contributed by atoms with van der Waals surface area (Å²) in [4.78, 5) is 26.0. The van der Waals surface area contributed by atoms with E-state index in [1.807, 2.05) is 45.0 Å². The van der Waals surface area contributed by atoms with Crippen LogP contribution in [0.5, 0.6) is 0 Å². The Bertz CT molecular complexity index is 1360. The maximum atomic E-state index is 13.7. The van der Waals surface area contributed by atoms with E-state index in [0.29, 0.717) is 37.0 Å². The van der Waals surface area contributed by atoms with Crippen molar-refractivity contribution >= 4 is 32.5 Å². The van der Waals surface area contributed by atoms with Gasteiger partial charge in [0.05, 0.1) is 33.3 Å². The lowest BCUT2D eigenvalue weighted by molar-refractivity contribution is -0.115. The Hall–Kier alpha value is -2.87. The van der Waals surface area contributed by atoms with E-state index in [0.717, 1.165) is 30.4 Å². The zero-order valence-electron chi connectivity index (χ0n) is 20.1. The number of aromatic nitrogens is 2. The highest BCUT2D eigenvalue weighted by Gasteiger charge is 2.32. The Kier molecular flexibility index (Phi) is 6.98. The number of carbonyl (C=O) groups excluding carboxylic acids is 1. The molecule has 3 aromatic rings. The summed E-state index contributed by atoms with van der Waals surface area (Å²) in [7, 11) is -3.68. The average molecular weight is 484 g/mol. The summed E-state index contributed by atoms with van der Waals surface area (Å²) in [5.74, 6) is -0.288. The number of amides is 1. The number of hydrogen-bond acceptors (Lipinski definition) is 4. The number of nitrogens with zero attached hydrogens (tertiary/aromatic N) is 2. The lowest BCUT2D eigenvalue weighted by Crippen LogP contribution is -2.26. The molecule has 0 aliphatic heterocycles. The van der Waals surface area contributed by atoms with Gasteiger partial charge in [0.25, 0.3) is 0 Å². The first-order valence-corrected chi connectivity index (χ1v) is 13.7. The van der Waals surface area contributed by atoms with E-state index in [4.69, 9.17) is 0 Å². The number of sulfone groups is 1. The van der Waals surface area contributed by atoms with Gasteiger partial charge in [-0.2, -0.15) is 0 Å². The topological polar surface area (TPSA) is 90.2 Å². The van der Waals surface area contributed by atoms with E-state index in [1.165, 1.54) is 0 Å². The Morgan fingerprint density at radius 1 is 0.971 bits per heavy atom. The Morgan fingerprint density at radius 3 is 2.15 bits per heavy atom. The molecule has 1 aliphatic carbocycles. The Balaban J connectivity index is 1.82. The van der Waals surface area contributed by atoms with Gasteiger partial charge in [0, 0.05) is 13.1 Å². The van der Waals surface area contributed by atoms with E-state index in [1.54, 1.807) is 21.3 Å². The SMILES string of the molecule is CCn1c(=O)n(CC)c2cc(S(=O)(=O)C3CCCCC3)c(NC(=O)Cc3ccc(C)cc3)cc21. The van der Waals surface area contributed by atoms with Gasteiger partial charge in [0.15, 0.2) is 9.84 Å². The monoisotopic (exact) mass is 483 g/mol. The van der Waals surface area contributed by atoms with Crippen molar-refractivity contribution in [1.82, 2.24) is 9.13 Å². The quantitative estimate of drug-likeness (QED) is 0.538. The van der Waals surface area contributed by atoms with Gasteiger partial charge >= 0.3 is 5.69 Å². The van der Waals surface area contributed by atoms with E-state index < -0.39 is 15.1 Å². The standard InChI is InChI=1S/C26H33N3O4S/c1-4-28-22-16-21(27-25(30)15-19-13-11-18(3)12-14-19)24(17-23(22)29(5-2)26(28)31)34(32,33)20-9-7-6-8-10-20/h11-14,16-17,20H,4-10,15H2,1-3H3,(H,27,30). The van der Waals surface area contributed by atoms with Crippen LogP contribution in [0.4, 0.5) is 5.69 Å². The third kappa shape index (κ3) is 4.56. The highest BCUT2D eigenvalue weighted by molar-refractivity contribution is 7.92. The van der Waals surface area contributed by atoms with Crippen molar-refractivity contribution in [3.05, 3.63) is 58.0 Å². The average Bonchev–Trinajstić information content (AvgIpc) is 3.09. The second kappa shape index (κ2) is 9.78. The summed E-state index contributed by atoms with van der Waals surface area (Å²) < 4.78 is 30.7. The van der Waals surface area contributed by atoms with Gasteiger partial charge in [-0.1, -0.05) is 49.1 Å². The lowest BCUT2D eigenvalue weighted by Gasteiger charge is -2.23. The summed E-state index contributed by atoms with van der Waals surface area (Å²) in [6, 6.07) is 10.9. The summed E-state index contributed by atoms with van der Waals surface area (Å²) in [5.41, 5.74) is 3.24. The second-order valence-electron chi connectivity index (χ2n) is 9.12. The molecule has 0 bridgehead atoms. The second-order valence-corrected chi connectivity index (χ2v) is 11.3. The number of rotatable bonds is 7. The zero-order chi connectivity index (χ0) is 24.5. The minimum Gasteiger partial charge on any atom is -0.325 e. The van der Waals surface area contributed by atoms with Crippen LogP contribution in [0.1, 0.15) is 57.1 Å². The number of hydrogen-bond donors (Lipinski definition) is 1. The molecule has 7 nitrogen and oxygen atoms in total. The van der Waals surface area contributed by atoms with Crippen LogP contribution in [-0.2, 0) is 34.1 Å². The molecule has 1 fully saturated rings. The zero-order valence-corrected chi connectivity index (χ0v) is 21.0. The van der Waals surface area contributed by atoms with E-state index in [2.05, 4.69) is 5.32 Å². The summed E-state index contributed by atoms with van der Waals surface area (Å²) in [6.07, 6.45) is 4.18. The van der Waals surface area contributed by atoms with Crippen LogP contribution in [0.2, 0.25) is 0 Å². The van der Waals surface area contributed by atoms with Crippen LogP contribution in [0.3, 0.4) is 0 Å². The van der Waals surface area contributed by atoms with Crippen molar-refractivity contribution in [3.8, 4) is 0 Å². The number of imidazole rings is 1. The fourth-order valence-corrected chi connectivity index (χ4v) is 6.93. The molecular weight excluding hydrogens is 450 g/mol. The first-order valence-electron chi connectivity index (χ1n) is 12.1. The third-order valence-electron chi connectivity index (χ3n) is 6.81. The predicted molar refractivity (Wildman–Crippen MR) is 135 cm³/mol. The van der Waals surface area contributed by atoms with Crippen molar-refractivity contribution < 1.29 is 13.2 Å². The molecule has 2 aromatic carbocycles. The lowest BCUT2D eigenvalue weighted by atomic mass is 10.0. The van der Waals surface area contributed by atoms with Gasteiger partial charge in [0.2, 0.25) is 5.91 Å². The maximum Gasteiger partial charge on any atom is 0.329 e. The van der Waals surface area contributed by atoms with Gasteiger partial charge < -0.3 is 5.32 Å². The highest BCUT2D eigenvalue weighted by Crippen LogP contribution is 2.35. The molecule has 1 saturated carbocycles. The van der Waals surface area contributed by atoms with Crippen molar-refractivity contribution in [1.29, 1.82) is 0 Å². The molecule has 8 heteroatoms. The molecule has 0 atom stereocenters. The normalized spacial score (nSPS) is 15.0. The van der Waals surface area contributed by atoms with Crippen LogP contribution in [-0.4, -0.2) is 28.7 Å². The molecule has 1 heterocycles. The van der Waals surface area contributed by atoms with E-state index >= 15 is 0 Å². The van der Waals surface area contributed by atoms with Crippen LogP contribution >= 0.6 is 0 Å². The molecule has 0 spiro atoms. The van der Waals surface area contributed by atoms with Crippen molar-refractivity contribution in [2.45, 2.75) is 82.5 Å². The first kappa shape index (κ1) is 24.3. The molecule has 4 rings (SSSR count). The predicted octanol–water partition coefficient (Wildman–Crippen LogP) is 4.44. The first-order chi connectivity index (χ1) is 16.3.